The van der Waals surface area contributed by atoms with Gasteiger partial charge in [-0.15, -0.1) is 0 Å². The summed E-state index contributed by atoms with van der Waals surface area (Å²) < 4.78 is 28.3. The molecule has 10 heteroatoms. The van der Waals surface area contributed by atoms with E-state index in [4.69, 9.17) is 9.88 Å². The van der Waals surface area contributed by atoms with Crippen molar-refractivity contribution in [3.05, 3.63) is 29.8 Å². The van der Waals surface area contributed by atoms with Crippen LogP contribution in [-0.2, 0) is 21.3 Å². The Morgan fingerprint density at radius 1 is 1.17 bits per heavy atom. The van der Waals surface area contributed by atoms with Crippen LogP contribution in [0.5, 0.6) is 0 Å². The van der Waals surface area contributed by atoms with Gasteiger partial charge in [0.2, 0.25) is 10.0 Å². The Kier molecular flexibility index (Phi) is 8.46. The van der Waals surface area contributed by atoms with E-state index in [9.17, 15) is 13.2 Å². The van der Waals surface area contributed by atoms with Gasteiger partial charge >= 0.3 is 6.09 Å². The summed E-state index contributed by atoms with van der Waals surface area (Å²) >= 11 is 0. The van der Waals surface area contributed by atoms with Gasteiger partial charge in [-0.25, -0.2) is 23.3 Å². The third-order valence-electron chi connectivity index (χ3n) is 3.53. The molecule has 0 bridgehead atoms. The quantitative estimate of drug-likeness (QED) is 0.386. The smallest absolute Gasteiger partial charge is 0.408 e. The van der Waals surface area contributed by atoms with Crippen LogP contribution in [0.15, 0.2) is 34.2 Å². The Hall–Kier alpha value is -2.33. The Bertz CT molecular complexity index is 829. The van der Waals surface area contributed by atoms with Crippen LogP contribution in [0, 0.1) is 0 Å². The van der Waals surface area contributed by atoms with Crippen molar-refractivity contribution in [1.29, 1.82) is 0 Å². The lowest BCUT2D eigenvalue weighted by Crippen LogP contribution is -2.54. The molecule has 0 aromatic heterocycles. The first-order valence-corrected chi connectivity index (χ1v) is 10.9. The third-order valence-corrected chi connectivity index (χ3v) is 4.44. The lowest BCUT2D eigenvalue weighted by Gasteiger charge is -2.29. The first-order valence-electron chi connectivity index (χ1n) is 9.37. The number of nitrogens with zero attached hydrogens (tertiary/aromatic N) is 1. The number of rotatable bonds is 7. The number of aliphatic imine (C=N–C) groups is 1. The molecule has 0 saturated carbocycles. The number of ether oxygens (including phenoxy) is 1. The van der Waals surface area contributed by atoms with Crippen LogP contribution < -0.4 is 21.1 Å². The number of nitrogens with two attached hydrogens (primary N) is 1. The highest BCUT2D eigenvalue weighted by Gasteiger charge is 2.24. The van der Waals surface area contributed by atoms with Crippen LogP contribution in [-0.4, -0.2) is 44.7 Å². The van der Waals surface area contributed by atoms with Crippen molar-refractivity contribution in [1.82, 2.24) is 16.0 Å². The molecule has 0 unspecified atom stereocenters. The molecule has 29 heavy (non-hydrogen) atoms. The Balaban J connectivity index is 2.76. The summed E-state index contributed by atoms with van der Waals surface area (Å²) in [5.74, 6) is 0.535. The maximum atomic E-state index is 12.0. The molecular formula is C19H33N5O4S. The molecule has 1 aromatic carbocycles. The predicted octanol–water partition coefficient (Wildman–Crippen LogP) is 1.69. The SMILES string of the molecule is CCNC(=NCc1cccc(S(N)(=O)=O)c1)NCC(C)(C)NC(=O)OC(C)(C)C. The van der Waals surface area contributed by atoms with Crippen LogP contribution in [0.1, 0.15) is 47.1 Å². The van der Waals surface area contributed by atoms with E-state index >= 15 is 0 Å². The largest absolute Gasteiger partial charge is 0.444 e. The van der Waals surface area contributed by atoms with E-state index < -0.39 is 27.3 Å². The number of hydrogen-bond donors (Lipinski definition) is 4. The second kappa shape index (κ2) is 9.93. The molecule has 5 N–H and O–H groups in total. The Labute approximate surface area is 173 Å². The monoisotopic (exact) mass is 427 g/mol. The van der Waals surface area contributed by atoms with Gasteiger partial charge in [-0.3, -0.25) is 0 Å². The number of hydrogen-bond acceptors (Lipinski definition) is 5. The van der Waals surface area contributed by atoms with Crippen LogP contribution in [0.3, 0.4) is 0 Å². The molecule has 0 fully saturated rings. The molecule has 0 radical (unpaired) electrons. The number of amides is 1. The maximum Gasteiger partial charge on any atom is 0.408 e. The zero-order chi connectivity index (χ0) is 22.3. The molecule has 1 aromatic rings. The van der Waals surface area contributed by atoms with E-state index in [0.717, 1.165) is 0 Å². The fourth-order valence-corrected chi connectivity index (χ4v) is 2.85. The highest BCUT2D eigenvalue weighted by Crippen LogP contribution is 2.11. The molecule has 0 aliphatic heterocycles. The Morgan fingerprint density at radius 2 is 1.83 bits per heavy atom. The van der Waals surface area contributed by atoms with Gasteiger partial charge in [0.1, 0.15) is 5.60 Å². The van der Waals surface area contributed by atoms with Crippen molar-refractivity contribution in [3.63, 3.8) is 0 Å². The zero-order valence-electron chi connectivity index (χ0n) is 18.0. The third kappa shape index (κ3) is 10.1. The average molecular weight is 428 g/mol. The Morgan fingerprint density at radius 3 is 2.38 bits per heavy atom. The number of carbonyl (C=O) groups excluding carboxylic acids is 1. The van der Waals surface area contributed by atoms with Gasteiger partial charge in [0.05, 0.1) is 17.0 Å². The number of alkyl carbamates (subject to hydrolysis) is 1. The summed E-state index contributed by atoms with van der Waals surface area (Å²) in [5, 5.41) is 14.3. The van der Waals surface area contributed by atoms with Gasteiger partial charge < -0.3 is 20.7 Å². The fourth-order valence-electron chi connectivity index (χ4n) is 2.26. The minimum absolute atomic E-state index is 0.0471. The summed E-state index contributed by atoms with van der Waals surface area (Å²) in [4.78, 5) is 16.5. The van der Waals surface area contributed by atoms with E-state index in [1.165, 1.54) is 12.1 Å². The van der Waals surface area contributed by atoms with Crippen molar-refractivity contribution < 1.29 is 17.9 Å². The van der Waals surface area contributed by atoms with E-state index in [1.807, 2.05) is 20.8 Å². The number of benzene rings is 1. The standard InChI is InChI=1S/C19H33N5O4S/c1-7-21-16(22-12-14-9-8-10-15(11-14)29(20,26)27)23-13-19(5,6)24-17(25)28-18(2,3)4/h8-11H,7,12-13H2,1-6H3,(H,24,25)(H2,20,26,27)(H2,21,22,23). The number of primary sulfonamides is 1. The van der Waals surface area contributed by atoms with Crippen LogP contribution in [0.25, 0.3) is 0 Å². The van der Waals surface area contributed by atoms with Gasteiger partial charge in [-0.2, -0.15) is 0 Å². The van der Waals surface area contributed by atoms with Crippen molar-refractivity contribution in [3.8, 4) is 0 Å². The van der Waals surface area contributed by atoms with Crippen molar-refractivity contribution >= 4 is 22.1 Å². The van der Waals surface area contributed by atoms with E-state index in [0.29, 0.717) is 24.6 Å². The molecule has 1 rings (SSSR count). The molecule has 1 amide bonds. The average Bonchev–Trinajstić information content (AvgIpc) is 2.54. The summed E-state index contributed by atoms with van der Waals surface area (Å²) in [7, 11) is -3.76. The fraction of sp³-hybridized carbons (Fsp3) is 0.579. The first-order chi connectivity index (χ1) is 13.2. The summed E-state index contributed by atoms with van der Waals surface area (Å²) in [6.45, 7) is 12.4. The highest BCUT2D eigenvalue weighted by atomic mass is 32.2. The molecule has 0 aliphatic rings. The highest BCUT2D eigenvalue weighted by molar-refractivity contribution is 7.89. The van der Waals surface area contributed by atoms with Crippen molar-refractivity contribution in [2.45, 2.75) is 64.1 Å². The molecule has 0 heterocycles. The van der Waals surface area contributed by atoms with Gasteiger partial charge in [0, 0.05) is 13.1 Å². The lowest BCUT2D eigenvalue weighted by molar-refractivity contribution is 0.0474. The van der Waals surface area contributed by atoms with Crippen LogP contribution in [0.2, 0.25) is 0 Å². The molecule has 0 spiro atoms. The van der Waals surface area contributed by atoms with Crippen molar-refractivity contribution in [2.24, 2.45) is 10.1 Å². The van der Waals surface area contributed by atoms with E-state index in [2.05, 4.69) is 20.9 Å². The minimum Gasteiger partial charge on any atom is -0.444 e. The topological polar surface area (TPSA) is 135 Å². The summed E-state index contributed by atoms with van der Waals surface area (Å²) in [6.07, 6.45) is -0.494. The van der Waals surface area contributed by atoms with E-state index in [1.54, 1.807) is 32.9 Å². The maximum absolute atomic E-state index is 12.0. The van der Waals surface area contributed by atoms with Crippen molar-refractivity contribution in [2.75, 3.05) is 13.1 Å². The predicted molar refractivity (Wildman–Crippen MR) is 114 cm³/mol. The molecule has 0 aliphatic carbocycles. The minimum atomic E-state index is -3.76. The van der Waals surface area contributed by atoms with E-state index in [-0.39, 0.29) is 11.4 Å². The lowest BCUT2D eigenvalue weighted by atomic mass is 10.1. The first kappa shape index (κ1) is 24.7. The molecular weight excluding hydrogens is 394 g/mol. The molecule has 0 atom stereocenters. The summed E-state index contributed by atoms with van der Waals surface area (Å²) in [5.41, 5.74) is -0.457. The molecule has 9 nitrogen and oxygen atoms in total. The van der Waals surface area contributed by atoms with Crippen LogP contribution in [0.4, 0.5) is 4.79 Å². The molecule has 0 saturated heterocycles. The van der Waals surface area contributed by atoms with Gasteiger partial charge in [-0.1, -0.05) is 12.1 Å². The molecule has 164 valence electrons. The van der Waals surface area contributed by atoms with Gasteiger partial charge in [0.25, 0.3) is 0 Å². The zero-order valence-corrected chi connectivity index (χ0v) is 18.8. The van der Waals surface area contributed by atoms with Crippen LogP contribution >= 0.6 is 0 Å². The van der Waals surface area contributed by atoms with Gasteiger partial charge in [0.15, 0.2) is 5.96 Å². The summed E-state index contributed by atoms with van der Waals surface area (Å²) in [6, 6.07) is 6.34. The number of sulfonamides is 1. The number of guanidine groups is 1. The second-order valence-electron chi connectivity index (χ2n) is 8.25. The number of nitrogens with one attached hydrogen (secondary N) is 3. The van der Waals surface area contributed by atoms with Gasteiger partial charge in [-0.05, 0) is 59.2 Å². The second-order valence-corrected chi connectivity index (χ2v) is 9.81. The normalized spacial score (nSPS) is 13.0. The number of carbonyl (C=O) groups is 1.